The molecule has 2 amide bonds. The van der Waals surface area contributed by atoms with E-state index in [1.165, 1.54) is 4.90 Å². The molecule has 0 saturated carbocycles. The number of unbranched alkanes of at least 4 members (excludes halogenated alkanes) is 1. The number of nitrogens with one attached hydrogen (secondary N) is 1. The smallest absolute Gasteiger partial charge is 0.326 e. The molecule has 11 nitrogen and oxygen atoms in total. The molecular weight excluding hydrogens is 598 g/mol. The maximum Gasteiger partial charge on any atom is 0.326 e. The van der Waals surface area contributed by atoms with Crippen molar-refractivity contribution in [3.63, 3.8) is 0 Å². The first-order valence-corrected chi connectivity index (χ1v) is 15.2. The van der Waals surface area contributed by atoms with Gasteiger partial charge in [-0.2, -0.15) is 0 Å². The van der Waals surface area contributed by atoms with Crippen LogP contribution in [0.25, 0.3) is 11.3 Å². The summed E-state index contributed by atoms with van der Waals surface area (Å²) in [5, 5.41) is 22.0. The molecular formula is C33H44F2N6O5. The number of aliphatic carboxylic acids is 1. The normalized spacial score (nSPS) is 13.6. The van der Waals surface area contributed by atoms with Crippen LogP contribution < -0.4 is 16.8 Å². The SMILES string of the molecule is CC(C)(C)[C@H](c1nc(-c2cc(F)ccc2F)cn1Cc1ccccc1)N(CC[C@H](N)C(=O)N[C@H](CCCCN)C(=O)O)C(=O)CO. The summed E-state index contributed by atoms with van der Waals surface area (Å²) >= 11 is 0. The largest absolute Gasteiger partial charge is 0.480 e. The molecule has 7 N–H and O–H groups in total. The molecule has 13 heteroatoms. The molecule has 0 fully saturated rings. The standard InChI is InChI=1S/C33H44F2N6O5/c1-33(2,3)29(41(28(43)20-42)16-14-25(37)31(44)39-26(32(45)46)11-7-8-15-36)30-38-27(23-17-22(34)12-13-24(23)35)19-40(30)18-21-9-5-4-6-10-21/h4-6,9-10,12-13,17,19,25-26,29,42H,7-8,11,14-16,18,20,36-37H2,1-3H3,(H,39,44)(H,45,46)/t25-,26+,29-/m0/s1. The van der Waals surface area contributed by atoms with Gasteiger partial charge in [0.15, 0.2) is 0 Å². The van der Waals surface area contributed by atoms with Gasteiger partial charge < -0.3 is 36.5 Å². The molecule has 3 atom stereocenters. The molecule has 0 bridgehead atoms. The lowest BCUT2D eigenvalue weighted by atomic mass is 9.84. The van der Waals surface area contributed by atoms with Crippen LogP contribution in [-0.2, 0) is 20.9 Å². The van der Waals surface area contributed by atoms with E-state index in [1.54, 1.807) is 10.8 Å². The zero-order chi connectivity index (χ0) is 34.0. The van der Waals surface area contributed by atoms with Crippen LogP contribution in [0, 0.1) is 17.0 Å². The quantitative estimate of drug-likeness (QED) is 0.148. The second-order valence-corrected chi connectivity index (χ2v) is 12.3. The Bertz CT molecular complexity index is 1480. The first-order chi connectivity index (χ1) is 21.8. The predicted octanol–water partition coefficient (Wildman–Crippen LogP) is 3.20. The van der Waals surface area contributed by atoms with Gasteiger partial charge in [-0.15, -0.1) is 0 Å². The lowest BCUT2D eigenvalue weighted by molar-refractivity contribution is -0.142. The first kappa shape index (κ1) is 36.3. The molecule has 2 aromatic carbocycles. The summed E-state index contributed by atoms with van der Waals surface area (Å²) in [5.41, 5.74) is 11.9. The molecule has 0 aliphatic heterocycles. The third-order valence-corrected chi connectivity index (χ3v) is 7.62. The van der Waals surface area contributed by atoms with Gasteiger partial charge in [-0.3, -0.25) is 9.59 Å². The summed E-state index contributed by atoms with van der Waals surface area (Å²) in [6.07, 6.45) is 2.82. The fourth-order valence-corrected chi connectivity index (χ4v) is 5.30. The van der Waals surface area contributed by atoms with E-state index in [4.69, 9.17) is 16.5 Å². The lowest BCUT2D eigenvalue weighted by Gasteiger charge is -2.40. The van der Waals surface area contributed by atoms with E-state index < -0.39 is 59.6 Å². The number of carboxylic acids is 1. The molecule has 0 radical (unpaired) electrons. The number of carboxylic acid groups (broad SMARTS) is 1. The van der Waals surface area contributed by atoms with Crippen LogP contribution in [0.3, 0.4) is 0 Å². The Balaban J connectivity index is 2.00. The molecule has 46 heavy (non-hydrogen) atoms. The Labute approximate surface area is 267 Å². The number of imidazole rings is 1. The summed E-state index contributed by atoms with van der Waals surface area (Å²) in [4.78, 5) is 44.0. The van der Waals surface area contributed by atoms with E-state index in [0.29, 0.717) is 25.2 Å². The zero-order valence-corrected chi connectivity index (χ0v) is 26.5. The maximum atomic E-state index is 14.9. The number of hydrogen-bond donors (Lipinski definition) is 5. The van der Waals surface area contributed by atoms with Gasteiger partial charge in [0, 0.05) is 24.8 Å². The molecule has 3 rings (SSSR count). The van der Waals surface area contributed by atoms with Crippen LogP contribution in [0.2, 0.25) is 0 Å². The van der Waals surface area contributed by atoms with Gasteiger partial charge in [0.2, 0.25) is 11.8 Å². The van der Waals surface area contributed by atoms with E-state index in [0.717, 1.165) is 23.8 Å². The molecule has 0 aliphatic carbocycles. The van der Waals surface area contributed by atoms with Crippen LogP contribution in [0.4, 0.5) is 8.78 Å². The van der Waals surface area contributed by atoms with Gasteiger partial charge in [0.1, 0.15) is 30.1 Å². The van der Waals surface area contributed by atoms with Crippen molar-refractivity contribution >= 4 is 17.8 Å². The highest BCUT2D eigenvalue weighted by Crippen LogP contribution is 2.39. The van der Waals surface area contributed by atoms with Crippen LogP contribution in [0.1, 0.15) is 63.9 Å². The minimum Gasteiger partial charge on any atom is -0.480 e. The van der Waals surface area contributed by atoms with Crippen molar-refractivity contribution in [2.75, 3.05) is 19.7 Å². The van der Waals surface area contributed by atoms with E-state index in [2.05, 4.69) is 5.32 Å². The van der Waals surface area contributed by atoms with Gasteiger partial charge in [0.25, 0.3) is 0 Å². The number of halogens is 2. The lowest BCUT2D eigenvalue weighted by Crippen LogP contribution is -2.50. The number of amides is 2. The average Bonchev–Trinajstić information content (AvgIpc) is 3.41. The third kappa shape index (κ3) is 9.65. The summed E-state index contributed by atoms with van der Waals surface area (Å²) in [6.45, 7) is 5.34. The van der Waals surface area contributed by atoms with Crippen molar-refractivity contribution in [2.24, 2.45) is 16.9 Å². The molecule has 3 aromatic rings. The van der Waals surface area contributed by atoms with Gasteiger partial charge in [-0.05, 0) is 61.4 Å². The summed E-state index contributed by atoms with van der Waals surface area (Å²) in [5.74, 6) is -3.52. The van der Waals surface area contributed by atoms with Crippen LogP contribution in [0.15, 0.2) is 54.7 Å². The Morgan fingerprint density at radius 1 is 1.07 bits per heavy atom. The van der Waals surface area contributed by atoms with Crippen molar-refractivity contribution < 1.29 is 33.4 Å². The topological polar surface area (TPSA) is 177 Å². The summed E-state index contributed by atoms with van der Waals surface area (Å²) in [6, 6.07) is 9.32. The van der Waals surface area contributed by atoms with Crippen molar-refractivity contribution in [3.8, 4) is 11.3 Å². The Morgan fingerprint density at radius 2 is 1.76 bits per heavy atom. The van der Waals surface area contributed by atoms with E-state index >= 15 is 0 Å². The van der Waals surface area contributed by atoms with Gasteiger partial charge in [-0.25, -0.2) is 18.6 Å². The second kappa shape index (κ2) is 16.4. The fraction of sp³-hybridized carbons (Fsp3) is 0.455. The highest BCUT2D eigenvalue weighted by molar-refractivity contribution is 5.86. The molecule has 0 saturated heterocycles. The number of aliphatic hydroxyl groups excluding tert-OH is 1. The third-order valence-electron chi connectivity index (χ3n) is 7.62. The highest BCUT2D eigenvalue weighted by atomic mass is 19.1. The van der Waals surface area contributed by atoms with Crippen LogP contribution in [-0.4, -0.2) is 74.2 Å². The Kier molecular flexibility index (Phi) is 12.9. The Hall–Kier alpha value is -4.20. The first-order valence-electron chi connectivity index (χ1n) is 15.2. The average molecular weight is 643 g/mol. The predicted molar refractivity (Wildman–Crippen MR) is 169 cm³/mol. The fourth-order valence-electron chi connectivity index (χ4n) is 5.30. The number of hydrogen-bond acceptors (Lipinski definition) is 7. The van der Waals surface area contributed by atoms with E-state index in [-0.39, 0.29) is 37.2 Å². The number of rotatable bonds is 16. The van der Waals surface area contributed by atoms with Crippen LogP contribution >= 0.6 is 0 Å². The number of nitrogens with two attached hydrogens (primary N) is 2. The monoisotopic (exact) mass is 642 g/mol. The highest BCUT2D eigenvalue weighted by Gasteiger charge is 2.38. The van der Waals surface area contributed by atoms with Crippen molar-refractivity contribution in [1.29, 1.82) is 0 Å². The van der Waals surface area contributed by atoms with Gasteiger partial charge in [-0.1, -0.05) is 51.1 Å². The number of aliphatic hydroxyl groups is 1. The molecule has 1 heterocycles. The van der Waals surface area contributed by atoms with E-state index in [9.17, 15) is 33.4 Å². The maximum absolute atomic E-state index is 14.9. The number of aromatic nitrogens is 2. The van der Waals surface area contributed by atoms with Gasteiger partial charge in [0.05, 0.1) is 17.8 Å². The van der Waals surface area contributed by atoms with Crippen molar-refractivity contribution in [1.82, 2.24) is 19.8 Å². The minimum absolute atomic E-state index is 0.0566. The number of carbonyl (C=O) groups excluding carboxylic acids is 2. The molecule has 1 aromatic heterocycles. The molecule has 0 aliphatic rings. The van der Waals surface area contributed by atoms with E-state index in [1.807, 2.05) is 51.1 Å². The minimum atomic E-state index is -1.20. The summed E-state index contributed by atoms with van der Waals surface area (Å²) in [7, 11) is 0. The molecule has 0 spiro atoms. The zero-order valence-electron chi connectivity index (χ0n) is 26.5. The summed E-state index contributed by atoms with van der Waals surface area (Å²) < 4.78 is 30.9. The molecule has 0 unspecified atom stereocenters. The van der Waals surface area contributed by atoms with Gasteiger partial charge >= 0.3 is 5.97 Å². The molecule has 250 valence electrons. The van der Waals surface area contributed by atoms with Crippen LogP contribution in [0.5, 0.6) is 0 Å². The van der Waals surface area contributed by atoms with Crippen molar-refractivity contribution in [3.05, 3.63) is 77.8 Å². The second-order valence-electron chi connectivity index (χ2n) is 12.3. The number of carbonyl (C=O) groups is 3. The van der Waals surface area contributed by atoms with Crippen molar-refractivity contribution in [2.45, 2.75) is 71.1 Å². The Morgan fingerprint density at radius 3 is 2.37 bits per heavy atom. The number of benzene rings is 2. The number of nitrogens with zero attached hydrogens (tertiary/aromatic N) is 3.